The Bertz CT molecular complexity index is 1010. The molecule has 0 saturated carbocycles. The smallest absolute Gasteiger partial charge is 0.118 e. The number of nitrogens with zero attached hydrogens (tertiary/aromatic N) is 2. The lowest BCUT2D eigenvalue weighted by atomic mass is 9.82. The van der Waals surface area contributed by atoms with Gasteiger partial charge in [0.2, 0.25) is 0 Å². The highest BCUT2D eigenvalue weighted by Gasteiger charge is 2.43. The van der Waals surface area contributed by atoms with Crippen LogP contribution < -0.4 is 10.1 Å². The van der Waals surface area contributed by atoms with Gasteiger partial charge in [0.15, 0.2) is 0 Å². The van der Waals surface area contributed by atoms with Crippen molar-refractivity contribution in [3.8, 4) is 16.9 Å². The van der Waals surface area contributed by atoms with Crippen LogP contribution in [0.15, 0.2) is 67.0 Å². The zero-order valence-electron chi connectivity index (χ0n) is 17.2. The van der Waals surface area contributed by atoms with Gasteiger partial charge in [-0.2, -0.15) is 0 Å². The summed E-state index contributed by atoms with van der Waals surface area (Å²) in [6.07, 6.45) is 4.80. The number of likely N-dealkylation sites (tertiary alicyclic amines) is 1. The Morgan fingerprint density at radius 1 is 1.07 bits per heavy atom. The summed E-state index contributed by atoms with van der Waals surface area (Å²) in [7, 11) is 1.69. The van der Waals surface area contributed by atoms with Gasteiger partial charge in [-0.25, -0.2) is 0 Å². The van der Waals surface area contributed by atoms with E-state index >= 15 is 0 Å². The molecule has 2 aromatic carbocycles. The zero-order chi connectivity index (χ0) is 20.5. The lowest BCUT2D eigenvalue weighted by Gasteiger charge is -2.39. The Morgan fingerprint density at radius 3 is 2.57 bits per heavy atom. The van der Waals surface area contributed by atoms with E-state index in [0.717, 1.165) is 30.9 Å². The second kappa shape index (κ2) is 8.09. The first-order valence-electron chi connectivity index (χ1n) is 10.6. The van der Waals surface area contributed by atoms with E-state index in [1.54, 1.807) is 7.11 Å². The van der Waals surface area contributed by atoms with Crippen LogP contribution in [0.5, 0.6) is 5.75 Å². The predicted octanol–water partition coefficient (Wildman–Crippen LogP) is 4.11. The van der Waals surface area contributed by atoms with Crippen LogP contribution in [0.3, 0.4) is 0 Å². The number of aliphatic hydroxyl groups excluding tert-OH is 1. The molecule has 1 aromatic heterocycles. The van der Waals surface area contributed by atoms with Gasteiger partial charge in [-0.1, -0.05) is 18.2 Å². The fraction of sp³-hybridized carbons (Fsp3) is 0.320. The first-order chi connectivity index (χ1) is 14.8. The average Bonchev–Trinajstić information content (AvgIpc) is 3.23. The second-order valence-electron chi connectivity index (χ2n) is 8.19. The van der Waals surface area contributed by atoms with Gasteiger partial charge in [-0.15, -0.1) is 0 Å². The third-order valence-corrected chi connectivity index (χ3v) is 6.53. The largest absolute Gasteiger partial charge is 0.497 e. The maximum Gasteiger partial charge on any atom is 0.118 e. The van der Waals surface area contributed by atoms with Gasteiger partial charge in [0.25, 0.3) is 0 Å². The molecule has 3 aromatic rings. The van der Waals surface area contributed by atoms with E-state index in [9.17, 15) is 5.11 Å². The number of fused-ring (bicyclic) bond motifs is 3. The Labute approximate surface area is 177 Å². The molecule has 0 spiro atoms. The SMILES string of the molecule is COc1ccc(-c2ccc3c(c2)[C@@H]2C(CCN2Cc2ccncc2)[C@@H](CO)N3)cc1. The van der Waals surface area contributed by atoms with Crippen molar-refractivity contribution in [2.75, 3.05) is 25.6 Å². The molecule has 2 aliphatic rings. The normalized spacial score (nSPS) is 22.8. The summed E-state index contributed by atoms with van der Waals surface area (Å²) < 4.78 is 5.30. The van der Waals surface area contributed by atoms with Crippen molar-refractivity contribution >= 4 is 5.69 Å². The van der Waals surface area contributed by atoms with E-state index in [1.165, 1.54) is 22.3 Å². The maximum atomic E-state index is 10.0. The molecule has 0 aliphatic carbocycles. The minimum atomic E-state index is 0.0942. The van der Waals surface area contributed by atoms with Crippen LogP contribution in [0.25, 0.3) is 11.1 Å². The Morgan fingerprint density at radius 2 is 1.83 bits per heavy atom. The van der Waals surface area contributed by atoms with E-state index in [2.05, 4.69) is 57.7 Å². The summed E-state index contributed by atoms with van der Waals surface area (Å²) in [6, 6.07) is 19.4. The fourth-order valence-electron chi connectivity index (χ4n) is 5.02. The minimum absolute atomic E-state index is 0.0942. The molecule has 2 N–H and O–H groups in total. The third-order valence-electron chi connectivity index (χ3n) is 6.53. The number of aliphatic hydroxyl groups is 1. The van der Waals surface area contributed by atoms with E-state index in [0.29, 0.717) is 12.0 Å². The van der Waals surface area contributed by atoms with Crippen LogP contribution in [0.4, 0.5) is 5.69 Å². The summed E-state index contributed by atoms with van der Waals surface area (Å²) in [5.74, 6) is 1.26. The lowest BCUT2D eigenvalue weighted by Crippen LogP contribution is -2.41. The molecule has 5 nitrogen and oxygen atoms in total. The number of ether oxygens (including phenoxy) is 1. The highest BCUT2D eigenvalue weighted by Crippen LogP contribution is 2.47. The van der Waals surface area contributed by atoms with E-state index < -0.39 is 0 Å². The number of benzene rings is 2. The molecule has 30 heavy (non-hydrogen) atoms. The number of pyridine rings is 1. The van der Waals surface area contributed by atoms with Crippen LogP contribution in [-0.2, 0) is 6.54 Å². The van der Waals surface area contributed by atoms with Crippen molar-refractivity contribution < 1.29 is 9.84 Å². The molecule has 0 radical (unpaired) electrons. The van der Waals surface area contributed by atoms with E-state index in [1.807, 2.05) is 24.5 Å². The Kier molecular flexibility index (Phi) is 5.15. The predicted molar refractivity (Wildman–Crippen MR) is 118 cm³/mol. The number of aromatic nitrogens is 1. The van der Waals surface area contributed by atoms with Gasteiger partial charge < -0.3 is 15.2 Å². The van der Waals surface area contributed by atoms with Crippen molar-refractivity contribution in [3.05, 3.63) is 78.1 Å². The van der Waals surface area contributed by atoms with Crippen molar-refractivity contribution in [1.29, 1.82) is 0 Å². The molecule has 2 aliphatic heterocycles. The Hall–Kier alpha value is -2.89. The molecule has 1 unspecified atom stereocenters. The monoisotopic (exact) mass is 401 g/mol. The van der Waals surface area contributed by atoms with Gasteiger partial charge in [0.05, 0.1) is 19.8 Å². The topological polar surface area (TPSA) is 57.6 Å². The number of rotatable bonds is 5. The quantitative estimate of drug-likeness (QED) is 0.674. The molecule has 3 atom stereocenters. The lowest BCUT2D eigenvalue weighted by molar-refractivity contribution is 0.172. The number of anilines is 1. The summed E-state index contributed by atoms with van der Waals surface area (Å²) in [6.45, 7) is 2.08. The summed E-state index contributed by atoms with van der Waals surface area (Å²) in [5.41, 5.74) is 6.12. The van der Waals surface area contributed by atoms with Crippen molar-refractivity contribution in [3.63, 3.8) is 0 Å². The van der Waals surface area contributed by atoms with E-state index in [4.69, 9.17) is 4.74 Å². The first-order valence-corrected chi connectivity index (χ1v) is 10.6. The maximum absolute atomic E-state index is 10.0. The van der Waals surface area contributed by atoms with Crippen LogP contribution in [0, 0.1) is 5.92 Å². The number of methoxy groups -OCH3 is 1. The molecular formula is C25H27N3O2. The number of hydrogen-bond donors (Lipinski definition) is 2. The van der Waals surface area contributed by atoms with Gasteiger partial charge >= 0.3 is 0 Å². The highest BCUT2D eigenvalue weighted by molar-refractivity contribution is 5.70. The van der Waals surface area contributed by atoms with Gasteiger partial charge in [-0.05, 0) is 71.6 Å². The first kappa shape index (κ1) is 19.1. The molecule has 5 rings (SSSR count). The molecule has 154 valence electrons. The molecule has 5 heteroatoms. The molecule has 0 amide bonds. The fourth-order valence-corrected chi connectivity index (χ4v) is 5.02. The standard InChI is InChI=1S/C25H27N3O2/c1-30-20-5-2-18(3-6-20)19-4-7-23-22(14-19)25-21(24(16-29)27-23)10-13-28(25)15-17-8-11-26-12-9-17/h2-9,11-12,14,21,24-25,27,29H,10,13,15-16H2,1H3/t21?,24-,25+/m1/s1. The van der Waals surface area contributed by atoms with Gasteiger partial charge in [-0.3, -0.25) is 9.88 Å². The van der Waals surface area contributed by atoms with Gasteiger partial charge in [0, 0.05) is 36.6 Å². The van der Waals surface area contributed by atoms with Crippen molar-refractivity contribution in [2.24, 2.45) is 5.92 Å². The minimum Gasteiger partial charge on any atom is -0.497 e. The second-order valence-corrected chi connectivity index (χ2v) is 8.19. The molecule has 1 saturated heterocycles. The summed E-state index contributed by atoms with van der Waals surface area (Å²) in [5, 5.41) is 13.6. The molecule has 0 bridgehead atoms. The van der Waals surface area contributed by atoms with E-state index in [-0.39, 0.29) is 12.6 Å². The average molecular weight is 402 g/mol. The zero-order valence-corrected chi connectivity index (χ0v) is 17.2. The molecular weight excluding hydrogens is 374 g/mol. The number of nitrogens with one attached hydrogen (secondary N) is 1. The van der Waals surface area contributed by atoms with Crippen molar-refractivity contribution in [2.45, 2.75) is 25.0 Å². The number of hydrogen-bond acceptors (Lipinski definition) is 5. The van der Waals surface area contributed by atoms with Crippen LogP contribution in [0.1, 0.15) is 23.6 Å². The van der Waals surface area contributed by atoms with Gasteiger partial charge in [0.1, 0.15) is 5.75 Å². The van der Waals surface area contributed by atoms with Crippen LogP contribution >= 0.6 is 0 Å². The Balaban J connectivity index is 1.51. The summed E-state index contributed by atoms with van der Waals surface area (Å²) in [4.78, 5) is 6.71. The summed E-state index contributed by atoms with van der Waals surface area (Å²) >= 11 is 0. The highest BCUT2D eigenvalue weighted by atomic mass is 16.5. The third kappa shape index (κ3) is 3.44. The molecule has 1 fully saturated rings. The molecule has 3 heterocycles. The van der Waals surface area contributed by atoms with Crippen LogP contribution in [0.2, 0.25) is 0 Å². The van der Waals surface area contributed by atoms with Crippen LogP contribution in [-0.4, -0.2) is 41.3 Å². The van der Waals surface area contributed by atoms with Crippen molar-refractivity contribution in [1.82, 2.24) is 9.88 Å².